The maximum Gasteiger partial charge on any atom is 0.223 e. The van der Waals surface area contributed by atoms with Crippen molar-refractivity contribution >= 4 is 11.8 Å². The molecule has 2 heterocycles. The summed E-state index contributed by atoms with van der Waals surface area (Å²) < 4.78 is 0. The minimum atomic E-state index is -0.287. The summed E-state index contributed by atoms with van der Waals surface area (Å²) in [4.78, 5) is 28.7. The van der Waals surface area contributed by atoms with E-state index in [1.165, 1.54) is 11.1 Å². The predicted molar refractivity (Wildman–Crippen MR) is 95.9 cm³/mol. The molecule has 2 amide bonds. The molecule has 5 heteroatoms. The molecule has 1 aromatic rings. The predicted octanol–water partition coefficient (Wildman–Crippen LogP) is 2.42. The summed E-state index contributed by atoms with van der Waals surface area (Å²) in [5.41, 5.74) is 2.40. The molecule has 2 saturated heterocycles. The van der Waals surface area contributed by atoms with Crippen molar-refractivity contribution in [2.45, 2.75) is 57.6 Å². The fourth-order valence-corrected chi connectivity index (χ4v) is 3.92. The molecule has 1 N–H and O–H groups in total. The highest BCUT2D eigenvalue weighted by Gasteiger charge is 2.30. The van der Waals surface area contributed by atoms with E-state index in [-0.39, 0.29) is 36.8 Å². The molecular formula is C20H28N2O3. The van der Waals surface area contributed by atoms with Gasteiger partial charge in [-0.25, -0.2) is 0 Å². The van der Waals surface area contributed by atoms with Crippen molar-refractivity contribution in [3.63, 3.8) is 0 Å². The Labute approximate surface area is 149 Å². The number of piperidine rings is 1. The summed E-state index contributed by atoms with van der Waals surface area (Å²) in [6, 6.07) is 8.50. The van der Waals surface area contributed by atoms with Gasteiger partial charge in [-0.15, -0.1) is 0 Å². The Balaban J connectivity index is 1.54. The van der Waals surface area contributed by atoms with E-state index in [9.17, 15) is 14.7 Å². The lowest BCUT2D eigenvalue weighted by atomic mass is 10.0. The van der Waals surface area contributed by atoms with Gasteiger partial charge in [0.05, 0.1) is 12.1 Å². The van der Waals surface area contributed by atoms with Crippen molar-refractivity contribution in [1.82, 2.24) is 9.80 Å². The zero-order chi connectivity index (χ0) is 17.8. The molecule has 136 valence electrons. The Morgan fingerprint density at radius 1 is 1.08 bits per heavy atom. The average Bonchev–Trinajstić information content (AvgIpc) is 3.10. The van der Waals surface area contributed by atoms with Crippen molar-refractivity contribution in [1.29, 1.82) is 0 Å². The van der Waals surface area contributed by atoms with Gasteiger partial charge in [-0.05, 0) is 38.2 Å². The third kappa shape index (κ3) is 4.40. The lowest BCUT2D eigenvalue weighted by Gasteiger charge is -2.30. The Morgan fingerprint density at radius 3 is 2.52 bits per heavy atom. The third-order valence-corrected chi connectivity index (χ3v) is 5.37. The molecule has 2 aliphatic rings. The molecule has 25 heavy (non-hydrogen) atoms. The van der Waals surface area contributed by atoms with Gasteiger partial charge >= 0.3 is 0 Å². The molecule has 0 aliphatic carbocycles. The highest BCUT2D eigenvalue weighted by Crippen LogP contribution is 2.32. The fourth-order valence-electron chi connectivity index (χ4n) is 3.92. The topological polar surface area (TPSA) is 60.9 Å². The van der Waals surface area contributed by atoms with E-state index in [0.29, 0.717) is 25.9 Å². The molecule has 1 aromatic carbocycles. The minimum absolute atomic E-state index is 0.0338. The van der Waals surface area contributed by atoms with E-state index < -0.39 is 0 Å². The van der Waals surface area contributed by atoms with Crippen LogP contribution in [-0.2, 0) is 9.59 Å². The maximum atomic E-state index is 12.7. The summed E-state index contributed by atoms with van der Waals surface area (Å²) in [7, 11) is 0. The van der Waals surface area contributed by atoms with Gasteiger partial charge in [-0.3, -0.25) is 9.59 Å². The summed E-state index contributed by atoms with van der Waals surface area (Å²) in [5, 5.41) is 9.53. The second kappa shape index (κ2) is 8.00. The number of nitrogens with zero attached hydrogens (tertiary/aromatic N) is 2. The number of carbonyl (C=O) groups excluding carboxylic acids is 2. The van der Waals surface area contributed by atoms with Crippen molar-refractivity contribution in [3.8, 4) is 0 Å². The van der Waals surface area contributed by atoms with Crippen molar-refractivity contribution < 1.29 is 14.7 Å². The molecule has 5 nitrogen and oxygen atoms in total. The minimum Gasteiger partial charge on any atom is -0.393 e. The fraction of sp³-hybridized carbons (Fsp3) is 0.600. The molecular weight excluding hydrogens is 316 g/mol. The van der Waals surface area contributed by atoms with Crippen LogP contribution in [0.1, 0.15) is 55.7 Å². The van der Waals surface area contributed by atoms with Crippen LogP contribution in [-0.4, -0.2) is 52.5 Å². The monoisotopic (exact) mass is 344 g/mol. The number of likely N-dealkylation sites (tertiary alicyclic amines) is 2. The summed E-state index contributed by atoms with van der Waals surface area (Å²) >= 11 is 0. The number of aliphatic hydroxyl groups is 1. The number of rotatable bonds is 4. The highest BCUT2D eigenvalue weighted by atomic mass is 16.3. The molecule has 1 unspecified atom stereocenters. The quantitative estimate of drug-likeness (QED) is 0.912. The molecule has 0 radical (unpaired) electrons. The maximum absolute atomic E-state index is 12.7. The smallest absolute Gasteiger partial charge is 0.223 e. The standard InChI is InChI=1S/C20H28N2O3/c1-15-4-2-5-16(14-15)18-6-3-11-22(18)20(25)8-7-19(24)21-12-9-17(23)10-13-21/h2,4-5,14,17-18,23H,3,6-13H2,1H3. The van der Waals surface area contributed by atoms with E-state index in [1.807, 2.05) is 11.0 Å². The second-order valence-electron chi connectivity index (χ2n) is 7.27. The number of aliphatic hydroxyl groups excluding tert-OH is 1. The van der Waals surface area contributed by atoms with Crippen molar-refractivity contribution in [3.05, 3.63) is 35.4 Å². The van der Waals surface area contributed by atoms with Gasteiger partial charge in [-0.1, -0.05) is 29.8 Å². The van der Waals surface area contributed by atoms with E-state index in [4.69, 9.17) is 0 Å². The SMILES string of the molecule is Cc1cccc(C2CCCN2C(=O)CCC(=O)N2CCC(O)CC2)c1. The van der Waals surface area contributed by atoms with Crippen LogP contribution < -0.4 is 0 Å². The van der Waals surface area contributed by atoms with Crippen LogP contribution in [0.3, 0.4) is 0 Å². The third-order valence-electron chi connectivity index (χ3n) is 5.37. The van der Waals surface area contributed by atoms with Crippen LogP contribution in [0.2, 0.25) is 0 Å². The summed E-state index contributed by atoms with van der Waals surface area (Å²) in [5.74, 6) is 0.112. The zero-order valence-electron chi connectivity index (χ0n) is 15.0. The first-order valence-corrected chi connectivity index (χ1v) is 9.36. The van der Waals surface area contributed by atoms with Crippen LogP contribution in [0, 0.1) is 6.92 Å². The number of carbonyl (C=O) groups is 2. The van der Waals surface area contributed by atoms with Gasteiger partial charge in [0.1, 0.15) is 0 Å². The number of hydrogen-bond donors (Lipinski definition) is 1. The number of aryl methyl sites for hydroxylation is 1. The Kier molecular flexibility index (Phi) is 5.74. The average molecular weight is 344 g/mol. The van der Waals surface area contributed by atoms with Crippen molar-refractivity contribution in [2.24, 2.45) is 0 Å². The zero-order valence-corrected chi connectivity index (χ0v) is 15.0. The molecule has 0 aromatic heterocycles. The lowest BCUT2D eigenvalue weighted by molar-refractivity contribution is -0.138. The number of amides is 2. The first kappa shape index (κ1) is 17.9. The van der Waals surface area contributed by atoms with E-state index in [2.05, 4.69) is 25.1 Å². The van der Waals surface area contributed by atoms with Gasteiger partial charge in [0.15, 0.2) is 0 Å². The Morgan fingerprint density at radius 2 is 1.80 bits per heavy atom. The van der Waals surface area contributed by atoms with E-state index >= 15 is 0 Å². The first-order valence-electron chi connectivity index (χ1n) is 9.36. The summed E-state index contributed by atoms with van der Waals surface area (Å²) in [6.07, 6.45) is 3.55. The van der Waals surface area contributed by atoms with Gasteiger partial charge in [0.2, 0.25) is 11.8 Å². The number of benzene rings is 1. The van der Waals surface area contributed by atoms with Crippen LogP contribution in [0.25, 0.3) is 0 Å². The van der Waals surface area contributed by atoms with E-state index in [1.54, 1.807) is 4.90 Å². The van der Waals surface area contributed by atoms with E-state index in [0.717, 1.165) is 19.4 Å². The largest absolute Gasteiger partial charge is 0.393 e. The Hall–Kier alpha value is -1.88. The first-order chi connectivity index (χ1) is 12.0. The lowest BCUT2D eigenvalue weighted by Crippen LogP contribution is -2.40. The molecule has 1 atom stereocenters. The summed E-state index contributed by atoms with van der Waals surface area (Å²) in [6.45, 7) is 4.05. The Bertz CT molecular complexity index is 623. The number of hydrogen-bond acceptors (Lipinski definition) is 3. The molecule has 0 spiro atoms. The highest BCUT2D eigenvalue weighted by molar-refractivity contribution is 5.84. The van der Waals surface area contributed by atoms with Gasteiger partial charge in [0.25, 0.3) is 0 Å². The van der Waals surface area contributed by atoms with Crippen LogP contribution in [0.4, 0.5) is 0 Å². The molecule has 2 fully saturated rings. The van der Waals surface area contributed by atoms with Gasteiger partial charge in [-0.2, -0.15) is 0 Å². The molecule has 0 bridgehead atoms. The second-order valence-corrected chi connectivity index (χ2v) is 7.27. The van der Waals surface area contributed by atoms with Gasteiger partial charge in [0, 0.05) is 32.5 Å². The molecule has 0 saturated carbocycles. The van der Waals surface area contributed by atoms with Crippen molar-refractivity contribution in [2.75, 3.05) is 19.6 Å². The van der Waals surface area contributed by atoms with Gasteiger partial charge < -0.3 is 14.9 Å². The molecule has 3 rings (SSSR count). The molecule has 2 aliphatic heterocycles. The van der Waals surface area contributed by atoms with Crippen LogP contribution in [0.5, 0.6) is 0 Å². The normalized spacial score (nSPS) is 21.6. The van der Waals surface area contributed by atoms with Crippen LogP contribution >= 0.6 is 0 Å². The van der Waals surface area contributed by atoms with Crippen LogP contribution in [0.15, 0.2) is 24.3 Å².